The molecule has 5 nitrogen and oxygen atoms in total. The van der Waals surface area contributed by atoms with E-state index in [2.05, 4.69) is 31.9 Å². The Hall–Kier alpha value is -1.38. The molecule has 0 bridgehead atoms. The predicted octanol–water partition coefficient (Wildman–Crippen LogP) is 4.36. The van der Waals surface area contributed by atoms with Gasteiger partial charge in [0.25, 0.3) is 10.0 Å². The second kappa shape index (κ2) is 8.33. The van der Waals surface area contributed by atoms with E-state index in [1.807, 2.05) is 0 Å². The van der Waals surface area contributed by atoms with Crippen LogP contribution in [0.3, 0.4) is 0 Å². The van der Waals surface area contributed by atoms with Crippen LogP contribution >= 0.6 is 31.9 Å². The molecule has 134 valence electrons. The summed E-state index contributed by atoms with van der Waals surface area (Å²) in [6.45, 7) is 3.01. The summed E-state index contributed by atoms with van der Waals surface area (Å²) in [5.74, 6) is -0.619. The maximum Gasteiger partial charge on any atom is 0.327 e. The number of benzene rings is 2. The third kappa shape index (κ3) is 5.05. The highest BCUT2D eigenvalue weighted by Gasteiger charge is 2.29. The highest BCUT2D eigenvalue weighted by Crippen LogP contribution is 2.31. The molecule has 25 heavy (non-hydrogen) atoms. The lowest BCUT2D eigenvalue weighted by molar-refractivity contribution is -0.145. The van der Waals surface area contributed by atoms with E-state index in [-0.39, 0.29) is 11.0 Å². The zero-order valence-electron chi connectivity index (χ0n) is 13.6. The number of sulfonamides is 1. The van der Waals surface area contributed by atoms with Gasteiger partial charge in [-0.1, -0.05) is 28.1 Å². The molecule has 0 aliphatic carbocycles. The van der Waals surface area contributed by atoms with Crippen LogP contribution in [0.15, 0.2) is 62.4 Å². The lowest BCUT2D eigenvalue weighted by atomic mass is 10.3. The van der Waals surface area contributed by atoms with Gasteiger partial charge in [0.1, 0.15) is 6.54 Å². The van der Waals surface area contributed by atoms with Crippen LogP contribution in [-0.2, 0) is 19.6 Å². The molecule has 0 N–H and O–H groups in total. The zero-order chi connectivity index (χ0) is 18.6. The molecule has 0 amide bonds. The Kier molecular flexibility index (Phi) is 6.65. The molecule has 0 saturated carbocycles. The van der Waals surface area contributed by atoms with Crippen LogP contribution in [0.25, 0.3) is 0 Å². The van der Waals surface area contributed by atoms with Gasteiger partial charge in [-0.05, 0) is 66.2 Å². The van der Waals surface area contributed by atoms with Gasteiger partial charge >= 0.3 is 5.97 Å². The number of halogens is 2. The van der Waals surface area contributed by atoms with Gasteiger partial charge in [-0.2, -0.15) is 0 Å². The SMILES string of the molecule is CC(C)OC(=O)CN(c1ccccc1Br)S(=O)(=O)c1ccc(Br)cc1. The fraction of sp³-hybridized carbons (Fsp3) is 0.235. The number of hydrogen-bond donors (Lipinski definition) is 0. The molecular formula is C17H17Br2NO4S. The molecular weight excluding hydrogens is 474 g/mol. The second-order valence-corrected chi connectivity index (χ2v) is 9.09. The number of hydrogen-bond acceptors (Lipinski definition) is 4. The van der Waals surface area contributed by atoms with E-state index in [0.717, 1.165) is 8.78 Å². The molecule has 0 saturated heterocycles. The minimum atomic E-state index is -3.94. The summed E-state index contributed by atoms with van der Waals surface area (Å²) in [5, 5.41) is 0. The summed E-state index contributed by atoms with van der Waals surface area (Å²) in [7, 11) is -3.94. The number of nitrogens with zero attached hydrogens (tertiary/aromatic N) is 1. The highest BCUT2D eigenvalue weighted by molar-refractivity contribution is 9.10. The Bertz CT molecular complexity index is 851. The molecule has 2 rings (SSSR count). The maximum atomic E-state index is 13.1. The lowest BCUT2D eigenvalue weighted by Gasteiger charge is -2.25. The van der Waals surface area contributed by atoms with Crippen molar-refractivity contribution in [1.82, 2.24) is 0 Å². The van der Waals surface area contributed by atoms with Gasteiger partial charge in [0.05, 0.1) is 16.7 Å². The predicted molar refractivity (Wildman–Crippen MR) is 104 cm³/mol. The minimum absolute atomic E-state index is 0.0869. The molecule has 2 aromatic carbocycles. The summed E-state index contributed by atoms with van der Waals surface area (Å²) < 4.78 is 33.7. The molecule has 0 heterocycles. The molecule has 2 aromatic rings. The van der Waals surface area contributed by atoms with E-state index in [0.29, 0.717) is 10.2 Å². The fourth-order valence-corrected chi connectivity index (χ4v) is 4.41. The van der Waals surface area contributed by atoms with Crippen LogP contribution in [0.4, 0.5) is 5.69 Å². The molecule has 0 unspecified atom stereocenters. The Morgan fingerprint density at radius 3 is 2.24 bits per heavy atom. The van der Waals surface area contributed by atoms with Crippen LogP contribution < -0.4 is 4.31 Å². The third-order valence-corrected chi connectivity index (χ3v) is 6.14. The first-order valence-electron chi connectivity index (χ1n) is 7.44. The van der Waals surface area contributed by atoms with E-state index < -0.39 is 22.5 Å². The standard InChI is InChI=1S/C17H17Br2NO4S/c1-12(2)24-17(21)11-20(16-6-4-3-5-15(16)19)25(22,23)14-9-7-13(18)8-10-14/h3-10,12H,11H2,1-2H3. The number of carbonyl (C=O) groups is 1. The van der Waals surface area contributed by atoms with E-state index in [9.17, 15) is 13.2 Å². The fourth-order valence-electron chi connectivity index (χ4n) is 2.10. The summed E-state index contributed by atoms with van der Waals surface area (Å²) >= 11 is 6.63. The van der Waals surface area contributed by atoms with Gasteiger partial charge in [-0.15, -0.1) is 0 Å². The van der Waals surface area contributed by atoms with Crippen LogP contribution in [0.2, 0.25) is 0 Å². The van der Waals surface area contributed by atoms with Crippen molar-refractivity contribution < 1.29 is 17.9 Å². The van der Waals surface area contributed by atoms with E-state index >= 15 is 0 Å². The summed E-state index contributed by atoms with van der Waals surface area (Å²) in [5.41, 5.74) is 0.367. The summed E-state index contributed by atoms with van der Waals surface area (Å²) in [6, 6.07) is 13.1. The maximum absolute atomic E-state index is 13.1. The average Bonchev–Trinajstić information content (AvgIpc) is 2.53. The monoisotopic (exact) mass is 489 g/mol. The number of esters is 1. The Morgan fingerprint density at radius 1 is 1.08 bits per heavy atom. The van der Waals surface area contributed by atoms with E-state index in [4.69, 9.17) is 4.74 Å². The Balaban J connectivity index is 2.48. The normalized spacial score (nSPS) is 11.4. The van der Waals surface area contributed by atoms with Gasteiger partial charge in [-0.25, -0.2) is 8.42 Å². The van der Waals surface area contributed by atoms with Gasteiger partial charge in [0.2, 0.25) is 0 Å². The summed E-state index contributed by atoms with van der Waals surface area (Å²) in [4.78, 5) is 12.2. The topological polar surface area (TPSA) is 63.7 Å². The largest absolute Gasteiger partial charge is 0.462 e. The third-order valence-electron chi connectivity index (χ3n) is 3.16. The molecule has 0 aliphatic rings. The molecule has 0 atom stereocenters. The van der Waals surface area contributed by atoms with E-state index in [1.54, 1.807) is 50.2 Å². The van der Waals surface area contributed by atoms with Crippen LogP contribution in [-0.4, -0.2) is 27.0 Å². The minimum Gasteiger partial charge on any atom is -0.462 e. The Labute approximate surface area is 164 Å². The van der Waals surface area contributed by atoms with Gasteiger partial charge in [0, 0.05) is 8.95 Å². The van der Waals surface area contributed by atoms with Crippen molar-refractivity contribution in [3.63, 3.8) is 0 Å². The van der Waals surface area contributed by atoms with Gasteiger partial charge in [0.15, 0.2) is 0 Å². The number of ether oxygens (including phenoxy) is 1. The van der Waals surface area contributed by atoms with Crippen LogP contribution in [0.5, 0.6) is 0 Å². The van der Waals surface area contributed by atoms with Crippen LogP contribution in [0, 0.1) is 0 Å². The first-order valence-corrected chi connectivity index (χ1v) is 10.5. The van der Waals surface area contributed by atoms with Crippen molar-refractivity contribution in [1.29, 1.82) is 0 Å². The van der Waals surface area contributed by atoms with Crippen molar-refractivity contribution in [2.24, 2.45) is 0 Å². The number of para-hydroxylation sites is 1. The van der Waals surface area contributed by atoms with Crippen molar-refractivity contribution in [2.75, 3.05) is 10.8 Å². The molecule has 8 heteroatoms. The molecule has 0 fully saturated rings. The summed E-state index contributed by atoms with van der Waals surface area (Å²) in [6.07, 6.45) is -0.330. The number of carbonyl (C=O) groups excluding carboxylic acids is 1. The van der Waals surface area contributed by atoms with Gasteiger partial charge in [-0.3, -0.25) is 9.10 Å². The lowest BCUT2D eigenvalue weighted by Crippen LogP contribution is -2.37. The van der Waals surface area contributed by atoms with Crippen molar-refractivity contribution in [2.45, 2.75) is 24.8 Å². The Morgan fingerprint density at radius 2 is 1.68 bits per heavy atom. The average molecular weight is 491 g/mol. The van der Waals surface area contributed by atoms with Crippen molar-refractivity contribution >= 4 is 53.5 Å². The molecule has 0 radical (unpaired) electrons. The van der Waals surface area contributed by atoms with E-state index in [1.165, 1.54) is 12.1 Å². The molecule has 0 spiro atoms. The number of rotatable bonds is 6. The second-order valence-electron chi connectivity index (χ2n) is 5.46. The highest BCUT2D eigenvalue weighted by atomic mass is 79.9. The van der Waals surface area contributed by atoms with Crippen LogP contribution in [0.1, 0.15) is 13.8 Å². The van der Waals surface area contributed by atoms with Crippen molar-refractivity contribution in [3.8, 4) is 0 Å². The molecule has 0 aromatic heterocycles. The van der Waals surface area contributed by atoms with Crippen molar-refractivity contribution in [3.05, 3.63) is 57.5 Å². The quantitative estimate of drug-likeness (QED) is 0.564. The number of anilines is 1. The zero-order valence-corrected chi connectivity index (χ0v) is 17.6. The smallest absolute Gasteiger partial charge is 0.327 e. The molecule has 0 aliphatic heterocycles. The first-order chi connectivity index (χ1) is 11.7. The van der Waals surface area contributed by atoms with Gasteiger partial charge < -0.3 is 4.74 Å². The first kappa shape index (κ1) is 19.9.